The standard InChI is InChI=1S/C16H30F3N5O2.HI/c1-15(2,3)26-14(25)22-8-5-7-21-13(20-4)23-12-6-9-24(10-12)11-16(17,18)19;/h12H,5-11H2,1-4H3,(H,22,25)(H2,20,21,23);1H. The predicted molar refractivity (Wildman–Crippen MR) is 110 cm³/mol. The summed E-state index contributed by atoms with van der Waals surface area (Å²) in [7, 11) is 1.61. The molecule has 0 aliphatic carbocycles. The van der Waals surface area contributed by atoms with Gasteiger partial charge in [-0.05, 0) is 33.6 Å². The average molecular weight is 509 g/mol. The minimum absolute atomic E-state index is 0. The number of nitrogens with one attached hydrogen (secondary N) is 3. The zero-order valence-electron chi connectivity index (χ0n) is 16.3. The SMILES string of the molecule is CN=C(NCCCNC(=O)OC(C)(C)C)NC1CCN(CC(F)(F)F)C1.I. The molecule has 0 bridgehead atoms. The zero-order valence-corrected chi connectivity index (χ0v) is 18.6. The molecule has 1 saturated heterocycles. The summed E-state index contributed by atoms with van der Waals surface area (Å²) in [5.74, 6) is 0.543. The third-order valence-corrected chi connectivity index (χ3v) is 3.55. The van der Waals surface area contributed by atoms with Gasteiger partial charge in [0.1, 0.15) is 5.60 Å². The van der Waals surface area contributed by atoms with Gasteiger partial charge < -0.3 is 20.7 Å². The van der Waals surface area contributed by atoms with E-state index in [2.05, 4.69) is 20.9 Å². The zero-order chi connectivity index (χ0) is 19.8. The molecule has 0 aromatic rings. The first-order valence-corrected chi connectivity index (χ1v) is 8.71. The van der Waals surface area contributed by atoms with Gasteiger partial charge in [-0.25, -0.2) is 4.79 Å². The Hall–Kier alpha value is -0.980. The number of carbonyl (C=O) groups excluding carboxylic acids is 1. The van der Waals surface area contributed by atoms with Crippen LogP contribution in [0.25, 0.3) is 0 Å². The van der Waals surface area contributed by atoms with Gasteiger partial charge in [0.25, 0.3) is 0 Å². The van der Waals surface area contributed by atoms with Gasteiger partial charge in [0.05, 0.1) is 6.54 Å². The number of alkyl carbamates (subject to hydrolysis) is 1. The second kappa shape index (κ2) is 11.8. The van der Waals surface area contributed by atoms with E-state index >= 15 is 0 Å². The lowest BCUT2D eigenvalue weighted by molar-refractivity contribution is -0.143. The lowest BCUT2D eigenvalue weighted by Crippen LogP contribution is -2.45. The molecule has 1 fully saturated rings. The Morgan fingerprint density at radius 1 is 1.22 bits per heavy atom. The number of likely N-dealkylation sites (tertiary alicyclic amines) is 1. The molecule has 160 valence electrons. The number of guanidine groups is 1. The van der Waals surface area contributed by atoms with E-state index in [4.69, 9.17) is 4.74 Å². The van der Waals surface area contributed by atoms with Crippen molar-refractivity contribution in [3.05, 3.63) is 0 Å². The lowest BCUT2D eigenvalue weighted by Gasteiger charge is -2.20. The molecule has 1 atom stereocenters. The van der Waals surface area contributed by atoms with Crippen LogP contribution in [0.15, 0.2) is 4.99 Å². The van der Waals surface area contributed by atoms with E-state index in [0.717, 1.165) is 0 Å². The van der Waals surface area contributed by atoms with Crippen LogP contribution in [-0.4, -0.2) is 74.5 Å². The number of halogens is 4. The largest absolute Gasteiger partial charge is 0.444 e. The van der Waals surface area contributed by atoms with E-state index in [1.54, 1.807) is 27.8 Å². The highest BCUT2D eigenvalue weighted by atomic mass is 127. The lowest BCUT2D eigenvalue weighted by atomic mass is 10.2. The van der Waals surface area contributed by atoms with E-state index in [1.165, 1.54) is 4.90 Å². The molecule has 27 heavy (non-hydrogen) atoms. The summed E-state index contributed by atoms with van der Waals surface area (Å²) >= 11 is 0. The Bertz CT molecular complexity index is 484. The highest BCUT2D eigenvalue weighted by Gasteiger charge is 2.34. The van der Waals surface area contributed by atoms with Crippen molar-refractivity contribution in [1.82, 2.24) is 20.9 Å². The van der Waals surface area contributed by atoms with Crippen LogP contribution in [0.4, 0.5) is 18.0 Å². The van der Waals surface area contributed by atoms with Gasteiger partial charge in [-0.15, -0.1) is 24.0 Å². The maximum atomic E-state index is 12.4. The molecule has 1 aliphatic heterocycles. The molecule has 0 spiro atoms. The topological polar surface area (TPSA) is 78.0 Å². The molecular weight excluding hydrogens is 478 g/mol. The van der Waals surface area contributed by atoms with Crippen LogP contribution in [0.5, 0.6) is 0 Å². The summed E-state index contributed by atoms with van der Waals surface area (Å²) in [6, 6.07) is -0.0663. The fraction of sp³-hybridized carbons (Fsp3) is 0.875. The van der Waals surface area contributed by atoms with Gasteiger partial charge in [0.15, 0.2) is 5.96 Å². The Morgan fingerprint density at radius 3 is 2.41 bits per heavy atom. The van der Waals surface area contributed by atoms with Crippen molar-refractivity contribution in [3.8, 4) is 0 Å². The summed E-state index contributed by atoms with van der Waals surface area (Å²) in [5, 5.41) is 8.87. The van der Waals surface area contributed by atoms with Gasteiger partial charge in [0.2, 0.25) is 0 Å². The van der Waals surface area contributed by atoms with Gasteiger partial charge >= 0.3 is 12.3 Å². The number of amides is 1. The van der Waals surface area contributed by atoms with Crippen LogP contribution in [0, 0.1) is 0 Å². The summed E-state index contributed by atoms with van der Waals surface area (Å²) < 4.78 is 42.4. The number of rotatable bonds is 6. The third-order valence-electron chi connectivity index (χ3n) is 3.55. The van der Waals surface area contributed by atoms with Crippen molar-refractivity contribution in [2.75, 3.05) is 39.8 Å². The number of alkyl halides is 3. The molecule has 0 saturated carbocycles. The molecule has 3 N–H and O–H groups in total. The van der Waals surface area contributed by atoms with Crippen LogP contribution in [0.3, 0.4) is 0 Å². The quantitative estimate of drug-likeness (QED) is 0.222. The first-order valence-electron chi connectivity index (χ1n) is 8.71. The number of ether oxygens (including phenoxy) is 1. The second-order valence-corrected chi connectivity index (χ2v) is 7.26. The molecular formula is C16H31F3IN5O2. The molecule has 11 heteroatoms. The first kappa shape index (κ1) is 26.0. The fourth-order valence-electron chi connectivity index (χ4n) is 2.54. The Morgan fingerprint density at radius 2 is 1.85 bits per heavy atom. The summed E-state index contributed by atoms with van der Waals surface area (Å²) in [5.41, 5.74) is -0.532. The van der Waals surface area contributed by atoms with E-state index < -0.39 is 24.4 Å². The van der Waals surface area contributed by atoms with Crippen LogP contribution in [0.2, 0.25) is 0 Å². The maximum absolute atomic E-state index is 12.4. The summed E-state index contributed by atoms with van der Waals surface area (Å²) in [6.45, 7) is 6.26. The number of hydrogen-bond donors (Lipinski definition) is 3. The van der Waals surface area contributed by atoms with Crippen molar-refractivity contribution < 1.29 is 22.7 Å². The molecule has 0 aromatic carbocycles. The molecule has 1 aliphatic rings. The minimum atomic E-state index is -4.17. The minimum Gasteiger partial charge on any atom is -0.444 e. The van der Waals surface area contributed by atoms with E-state index in [9.17, 15) is 18.0 Å². The van der Waals surface area contributed by atoms with Crippen LogP contribution >= 0.6 is 24.0 Å². The number of nitrogens with zero attached hydrogens (tertiary/aromatic N) is 2. The van der Waals surface area contributed by atoms with Gasteiger partial charge in [0, 0.05) is 39.3 Å². The summed E-state index contributed by atoms with van der Waals surface area (Å²) in [4.78, 5) is 17.0. The fourth-order valence-corrected chi connectivity index (χ4v) is 2.54. The molecule has 7 nitrogen and oxygen atoms in total. The van der Waals surface area contributed by atoms with Crippen molar-refractivity contribution in [1.29, 1.82) is 0 Å². The van der Waals surface area contributed by atoms with Crippen molar-refractivity contribution >= 4 is 36.0 Å². The Kier molecular flexibility index (Phi) is 11.3. The third kappa shape index (κ3) is 12.9. The van der Waals surface area contributed by atoms with Gasteiger partial charge in [-0.1, -0.05) is 0 Å². The highest BCUT2D eigenvalue weighted by Crippen LogP contribution is 2.19. The van der Waals surface area contributed by atoms with Crippen LogP contribution < -0.4 is 16.0 Å². The van der Waals surface area contributed by atoms with Crippen molar-refractivity contribution in [3.63, 3.8) is 0 Å². The molecule has 0 aromatic heterocycles. The molecule has 1 rings (SSSR count). The van der Waals surface area contributed by atoms with E-state index in [1.807, 2.05) is 0 Å². The molecule has 0 radical (unpaired) electrons. The maximum Gasteiger partial charge on any atom is 0.407 e. The Labute approximate surface area is 175 Å². The normalized spacial score (nSPS) is 18.6. The monoisotopic (exact) mass is 509 g/mol. The van der Waals surface area contributed by atoms with Crippen molar-refractivity contribution in [2.45, 2.75) is 51.4 Å². The second-order valence-electron chi connectivity index (χ2n) is 7.26. The molecule has 1 heterocycles. The predicted octanol–water partition coefficient (Wildman–Crippen LogP) is 2.32. The smallest absolute Gasteiger partial charge is 0.407 e. The molecule has 1 amide bonds. The average Bonchev–Trinajstić information content (AvgIpc) is 2.88. The summed E-state index contributed by atoms with van der Waals surface area (Å²) in [6.07, 6.45) is -3.34. The number of aliphatic imine (C=N–C) groups is 1. The highest BCUT2D eigenvalue weighted by molar-refractivity contribution is 14.0. The Balaban J connectivity index is 0.00000676. The van der Waals surface area contributed by atoms with Gasteiger partial charge in [-0.3, -0.25) is 9.89 Å². The number of carbonyl (C=O) groups is 1. The van der Waals surface area contributed by atoms with E-state index in [0.29, 0.717) is 45.0 Å². The van der Waals surface area contributed by atoms with E-state index in [-0.39, 0.29) is 30.0 Å². The number of hydrogen-bond acceptors (Lipinski definition) is 4. The van der Waals surface area contributed by atoms with Crippen LogP contribution in [0.1, 0.15) is 33.6 Å². The van der Waals surface area contributed by atoms with Crippen molar-refractivity contribution in [2.24, 2.45) is 4.99 Å². The molecule has 1 unspecified atom stereocenters. The first-order chi connectivity index (χ1) is 12.0. The van der Waals surface area contributed by atoms with Crippen LogP contribution in [-0.2, 0) is 4.74 Å². The van der Waals surface area contributed by atoms with Gasteiger partial charge in [-0.2, -0.15) is 13.2 Å².